The number of alkyl halides is 3. The van der Waals surface area contributed by atoms with Gasteiger partial charge < -0.3 is 4.90 Å². The van der Waals surface area contributed by atoms with Crippen molar-refractivity contribution in [3.05, 3.63) is 57.1 Å². The Morgan fingerprint density at radius 1 is 1.10 bits per heavy atom. The smallest absolute Gasteiger partial charge is 0.330 e. The number of nitrogens with zero attached hydrogens (tertiary/aromatic N) is 1. The molecule has 0 atom stereocenters. The molecule has 0 aromatic heterocycles. The number of rotatable bonds is 4. The minimum atomic E-state index is -4.43. The van der Waals surface area contributed by atoms with Crippen LogP contribution in [0.5, 0.6) is 0 Å². The average Bonchev–Trinajstić information content (AvgIpc) is 3.00. The van der Waals surface area contributed by atoms with E-state index in [1.807, 2.05) is 0 Å². The van der Waals surface area contributed by atoms with Gasteiger partial charge in [-0.1, -0.05) is 23.2 Å². The lowest BCUT2D eigenvalue weighted by atomic mass is 10.1. The molecule has 0 bridgehead atoms. The van der Waals surface area contributed by atoms with Crippen LogP contribution in [0.25, 0.3) is 0 Å². The van der Waals surface area contributed by atoms with Crippen LogP contribution >= 0.6 is 35.0 Å². The first kappa shape index (κ1) is 22.3. The summed E-state index contributed by atoms with van der Waals surface area (Å²) in [6, 6.07) is 6.83. The third kappa shape index (κ3) is 5.20. The zero-order valence-electron chi connectivity index (χ0n) is 14.9. The van der Waals surface area contributed by atoms with Crippen LogP contribution in [-0.2, 0) is 22.9 Å². The van der Waals surface area contributed by atoms with Crippen molar-refractivity contribution in [1.29, 1.82) is 0 Å². The second-order valence-electron chi connectivity index (χ2n) is 6.53. The van der Waals surface area contributed by atoms with Crippen LogP contribution in [0.1, 0.15) is 21.5 Å². The van der Waals surface area contributed by atoms with Crippen molar-refractivity contribution >= 4 is 50.7 Å². The van der Waals surface area contributed by atoms with E-state index in [9.17, 15) is 26.4 Å². The molecule has 3 rings (SSSR count). The minimum Gasteiger partial charge on any atom is -0.330 e. The van der Waals surface area contributed by atoms with E-state index in [0.717, 1.165) is 23.4 Å². The molecule has 1 amide bonds. The largest absolute Gasteiger partial charge is 0.398 e. The number of sulfone groups is 1. The Morgan fingerprint density at radius 2 is 1.66 bits per heavy atom. The normalized spacial score (nSPS) is 14.2. The fourth-order valence-corrected chi connectivity index (χ4v) is 4.70. The Bertz CT molecular complexity index is 1060. The maximum absolute atomic E-state index is 13.1. The van der Waals surface area contributed by atoms with Crippen molar-refractivity contribution in [2.75, 3.05) is 12.0 Å². The summed E-state index contributed by atoms with van der Waals surface area (Å²) in [5.74, 6) is -1.76. The van der Waals surface area contributed by atoms with Gasteiger partial charge in [-0.2, -0.15) is 13.2 Å². The van der Waals surface area contributed by atoms with E-state index >= 15 is 0 Å². The summed E-state index contributed by atoms with van der Waals surface area (Å²) in [5, 5.41) is 0.667. The van der Waals surface area contributed by atoms with Crippen molar-refractivity contribution in [3.8, 4) is 0 Å². The van der Waals surface area contributed by atoms with Gasteiger partial charge in [0.05, 0.1) is 26.3 Å². The maximum atomic E-state index is 13.1. The maximum Gasteiger partial charge on any atom is 0.398 e. The number of carbonyl (C=O) groups excluding carboxylic acids is 1. The van der Waals surface area contributed by atoms with E-state index in [4.69, 9.17) is 23.2 Å². The Kier molecular flexibility index (Phi) is 6.16. The van der Waals surface area contributed by atoms with Crippen LogP contribution in [0.2, 0.25) is 10.0 Å². The first-order chi connectivity index (χ1) is 13.3. The predicted molar refractivity (Wildman–Crippen MR) is 106 cm³/mol. The molecule has 0 radical (unpaired) electrons. The lowest BCUT2D eigenvalue weighted by molar-refractivity contribution is -0.105. The highest BCUT2D eigenvalue weighted by atomic mass is 35.5. The Hall–Kier alpha value is -1.42. The number of hydrogen-bond acceptors (Lipinski definition) is 4. The van der Waals surface area contributed by atoms with Gasteiger partial charge in [0.15, 0.2) is 9.84 Å². The molecule has 1 heterocycles. The molecule has 11 heteroatoms. The van der Waals surface area contributed by atoms with Crippen LogP contribution in [0, 0.1) is 0 Å². The number of carbonyl (C=O) groups is 1. The topological polar surface area (TPSA) is 54.5 Å². The van der Waals surface area contributed by atoms with Gasteiger partial charge in [-0.15, -0.1) is 11.8 Å². The van der Waals surface area contributed by atoms with Crippen molar-refractivity contribution in [2.45, 2.75) is 29.1 Å². The number of fused-ring (bicyclic) bond motifs is 1. The fraction of sp³-hybridized carbons (Fsp3) is 0.278. The molecule has 0 saturated heterocycles. The number of hydrogen-bond donors (Lipinski definition) is 0. The zero-order chi connectivity index (χ0) is 21.6. The molecule has 0 fully saturated rings. The number of amides is 1. The molecule has 4 nitrogen and oxygen atoms in total. The molecule has 2 aromatic carbocycles. The van der Waals surface area contributed by atoms with Gasteiger partial charge in [0.25, 0.3) is 5.91 Å². The van der Waals surface area contributed by atoms with Gasteiger partial charge in [-0.25, -0.2) is 8.42 Å². The molecule has 0 spiro atoms. The SMILES string of the molecule is CS(=O)(=O)c1ccc(SCC(F)(F)F)c(C(=O)N2Cc3cc(Cl)c(Cl)cc3C2)c1. The van der Waals surface area contributed by atoms with Crippen LogP contribution in [-0.4, -0.2) is 37.4 Å². The molecule has 0 saturated carbocycles. The van der Waals surface area contributed by atoms with Gasteiger partial charge >= 0.3 is 6.18 Å². The van der Waals surface area contributed by atoms with Crippen molar-refractivity contribution in [3.63, 3.8) is 0 Å². The summed E-state index contributed by atoms with van der Waals surface area (Å²) in [4.78, 5) is 14.4. The van der Waals surface area contributed by atoms with Crippen LogP contribution in [0.4, 0.5) is 13.2 Å². The molecule has 0 N–H and O–H groups in total. The van der Waals surface area contributed by atoms with E-state index < -0.39 is 27.7 Å². The summed E-state index contributed by atoms with van der Waals surface area (Å²) in [7, 11) is -3.64. The highest BCUT2D eigenvalue weighted by Gasteiger charge is 2.31. The van der Waals surface area contributed by atoms with E-state index in [1.165, 1.54) is 17.0 Å². The molecule has 156 valence electrons. The van der Waals surface area contributed by atoms with Gasteiger partial charge in [-0.05, 0) is 41.5 Å². The minimum absolute atomic E-state index is 0.0618. The summed E-state index contributed by atoms with van der Waals surface area (Å²) in [5.41, 5.74) is 1.46. The molecule has 0 aliphatic carbocycles. The predicted octanol–water partition coefficient (Wildman–Crippen LogP) is 5.21. The summed E-state index contributed by atoms with van der Waals surface area (Å²) < 4.78 is 61.7. The fourth-order valence-electron chi connectivity index (χ4n) is 2.90. The monoisotopic (exact) mass is 483 g/mol. The van der Waals surface area contributed by atoms with Crippen molar-refractivity contribution < 1.29 is 26.4 Å². The molecule has 1 aliphatic rings. The standard InChI is InChI=1S/C18H14Cl2F3NO3S2/c1-29(26,27)12-2-3-16(28-9-18(21,22)23)13(6-12)17(25)24-7-10-4-14(19)15(20)5-11(10)8-24/h2-6H,7-9H2,1H3. The molecular formula is C18H14Cl2F3NO3S2. The second kappa shape index (κ2) is 8.02. The third-order valence-electron chi connectivity index (χ3n) is 4.25. The second-order valence-corrected chi connectivity index (χ2v) is 10.4. The molecule has 0 unspecified atom stereocenters. The number of benzene rings is 2. The van der Waals surface area contributed by atoms with E-state index in [2.05, 4.69) is 0 Å². The third-order valence-corrected chi connectivity index (χ3v) is 7.22. The zero-order valence-corrected chi connectivity index (χ0v) is 18.0. The summed E-state index contributed by atoms with van der Waals surface area (Å²) in [6.07, 6.45) is -3.47. The molecular weight excluding hydrogens is 470 g/mol. The van der Waals surface area contributed by atoms with E-state index in [0.29, 0.717) is 21.8 Å². The van der Waals surface area contributed by atoms with Crippen molar-refractivity contribution in [2.24, 2.45) is 0 Å². The highest BCUT2D eigenvalue weighted by molar-refractivity contribution is 7.99. The molecule has 2 aromatic rings. The lowest BCUT2D eigenvalue weighted by Crippen LogP contribution is -2.26. The van der Waals surface area contributed by atoms with Gasteiger partial charge in [0, 0.05) is 24.2 Å². The Balaban J connectivity index is 1.96. The average molecular weight is 484 g/mol. The molecule has 1 aliphatic heterocycles. The highest BCUT2D eigenvalue weighted by Crippen LogP contribution is 2.35. The first-order valence-electron chi connectivity index (χ1n) is 8.15. The Labute approximate surface area is 179 Å². The first-order valence-corrected chi connectivity index (χ1v) is 11.8. The van der Waals surface area contributed by atoms with Gasteiger partial charge in [0.1, 0.15) is 0 Å². The number of halogens is 5. The summed E-state index contributed by atoms with van der Waals surface area (Å²) >= 11 is 12.4. The van der Waals surface area contributed by atoms with Crippen molar-refractivity contribution in [1.82, 2.24) is 4.90 Å². The van der Waals surface area contributed by atoms with Gasteiger partial charge in [-0.3, -0.25) is 4.79 Å². The molecule has 29 heavy (non-hydrogen) atoms. The van der Waals surface area contributed by atoms with Gasteiger partial charge in [0.2, 0.25) is 0 Å². The van der Waals surface area contributed by atoms with Crippen LogP contribution in [0.15, 0.2) is 40.1 Å². The quantitative estimate of drug-likeness (QED) is 0.560. The lowest BCUT2D eigenvalue weighted by Gasteiger charge is -2.18. The van der Waals surface area contributed by atoms with E-state index in [-0.39, 0.29) is 28.4 Å². The van der Waals surface area contributed by atoms with Crippen LogP contribution < -0.4 is 0 Å². The Morgan fingerprint density at radius 3 is 2.14 bits per heavy atom. The van der Waals surface area contributed by atoms with E-state index in [1.54, 1.807) is 12.1 Å². The number of thioether (sulfide) groups is 1. The summed E-state index contributed by atoms with van der Waals surface area (Å²) in [6.45, 7) is 0.384. The van der Waals surface area contributed by atoms with Crippen LogP contribution in [0.3, 0.4) is 0 Å².